The van der Waals surface area contributed by atoms with Gasteiger partial charge in [0.25, 0.3) is 5.91 Å². The lowest BCUT2D eigenvalue weighted by Crippen LogP contribution is -2.39. The van der Waals surface area contributed by atoms with E-state index in [0.29, 0.717) is 12.1 Å². The fourth-order valence-electron chi connectivity index (χ4n) is 3.08. The smallest absolute Gasteiger partial charge is 0.253 e. The molecule has 2 aromatic carbocycles. The van der Waals surface area contributed by atoms with E-state index < -0.39 is 0 Å². The van der Waals surface area contributed by atoms with Crippen LogP contribution < -0.4 is 10.6 Å². The van der Waals surface area contributed by atoms with Gasteiger partial charge in [0.1, 0.15) is 5.76 Å². The van der Waals surface area contributed by atoms with Gasteiger partial charge in [-0.2, -0.15) is 0 Å². The molecular weight excluding hydrogens is 515 g/mol. The van der Waals surface area contributed by atoms with E-state index in [4.69, 9.17) is 9.41 Å². The van der Waals surface area contributed by atoms with E-state index in [1.165, 1.54) is 5.56 Å². The average molecular weight is 546 g/mol. The Kier molecular flexibility index (Phi) is 10.8. The molecule has 0 unspecified atom stereocenters. The van der Waals surface area contributed by atoms with Gasteiger partial charge in [-0.05, 0) is 41.8 Å². The first kappa shape index (κ1) is 25.5. The molecule has 0 bridgehead atoms. The van der Waals surface area contributed by atoms with Gasteiger partial charge in [0.2, 0.25) is 0 Å². The topological polar surface area (TPSA) is 69.9 Å². The van der Waals surface area contributed by atoms with E-state index in [0.717, 1.165) is 43.2 Å². The van der Waals surface area contributed by atoms with Crippen LogP contribution in [0, 0.1) is 0 Å². The van der Waals surface area contributed by atoms with Gasteiger partial charge in [-0.1, -0.05) is 42.5 Å². The van der Waals surface area contributed by atoms with Crippen molar-refractivity contribution in [3.8, 4) is 0 Å². The number of hydrogen-bond donors (Lipinski definition) is 2. The molecule has 3 aromatic rings. The number of nitrogens with one attached hydrogen (secondary N) is 2. The first-order chi connectivity index (χ1) is 15.1. The molecule has 1 aromatic heterocycles. The molecular formula is C25H31IN4O2. The van der Waals surface area contributed by atoms with E-state index in [-0.39, 0.29) is 29.9 Å². The van der Waals surface area contributed by atoms with Crippen LogP contribution >= 0.6 is 24.0 Å². The van der Waals surface area contributed by atoms with Crippen molar-refractivity contribution in [2.24, 2.45) is 4.99 Å². The molecule has 0 aliphatic heterocycles. The lowest BCUT2D eigenvalue weighted by molar-refractivity contribution is 0.0827. The summed E-state index contributed by atoms with van der Waals surface area (Å²) in [5, 5.41) is 6.79. The predicted molar refractivity (Wildman–Crippen MR) is 140 cm³/mol. The molecule has 3 rings (SSSR count). The van der Waals surface area contributed by atoms with E-state index in [1.807, 2.05) is 42.5 Å². The van der Waals surface area contributed by atoms with Gasteiger partial charge in [0.05, 0.1) is 12.8 Å². The van der Waals surface area contributed by atoms with E-state index in [9.17, 15) is 4.79 Å². The molecule has 0 saturated carbocycles. The van der Waals surface area contributed by atoms with Crippen molar-refractivity contribution in [3.05, 3.63) is 95.4 Å². The van der Waals surface area contributed by atoms with Gasteiger partial charge in [-0.25, -0.2) is 4.99 Å². The molecule has 7 heteroatoms. The number of guanidine groups is 1. The Morgan fingerprint density at radius 3 is 2.19 bits per heavy atom. The van der Waals surface area contributed by atoms with E-state index >= 15 is 0 Å². The SMILES string of the molecule is CN(C)C(=O)c1ccc(CN=C(NCCc2ccccc2)NCCc2ccco2)cc1.I. The Labute approximate surface area is 207 Å². The van der Waals surface area contributed by atoms with Crippen molar-refractivity contribution < 1.29 is 9.21 Å². The molecule has 0 radical (unpaired) electrons. The summed E-state index contributed by atoms with van der Waals surface area (Å²) in [7, 11) is 3.50. The summed E-state index contributed by atoms with van der Waals surface area (Å²) in [6.07, 6.45) is 3.39. The maximum Gasteiger partial charge on any atom is 0.253 e. The quantitative estimate of drug-likeness (QED) is 0.241. The van der Waals surface area contributed by atoms with Crippen LogP contribution in [0.2, 0.25) is 0 Å². The Bertz CT molecular complexity index is 955. The minimum absolute atomic E-state index is 0. The van der Waals surface area contributed by atoms with Crippen LogP contribution in [0.15, 0.2) is 82.4 Å². The highest BCUT2D eigenvalue weighted by Crippen LogP contribution is 2.08. The highest BCUT2D eigenvalue weighted by atomic mass is 127. The van der Waals surface area contributed by atoms with Gasteiger partial charge < -0.3 is 20.0 Å². The first-order valence-electron chi connectivity index (χ1n) is 10.5. The number of carbonyl (C=O) groups excluding carboxylic acids is 1. The zero-order valence-corrected chi connectivity index (χ0v) is 20.9. The summed E-state index contributed by atoms with van der Waals surface area (Å²) < 4.78 is 5.40. The Hall–Kier alpha value is -2.81. The van der Waals surface area contributed by atoms with Crippen molar-refractivity contribution in [2.75, 3.05) is 27.2 Å². The number of rotatable bonds is 9. The summed E-state index contributed by atoms with van der Waals surface area (Å²) >= 11 is 0. The number of hydrogen-bond acceptors (Lipinski definition) is 3. The summed E-state index contributed by atoms with van der Waals surface area (Å²) in [5.74, 6) is 1.70. The molecule has 0 fully saturated rings. The van der Waals surface area contributed by atoms with Crippen LogP contribution in [-0.2, 0) is 19.4 Å². The first-order valence-corrected chi connectivity index (χ1v) is 10.5. The minimum Gasteiger partial charge on any atom is -0.469 e. The van der Waals surface area contributed by atoms with Crippen LogP contribution in [0.25, 0.3) is 0 Å². The van der Waals surface area contributed by atoms with E-state index in [1.54, 1.807) is 25.3 Å². The highest BCUT2D eigenvalue weighted by molar-refractivity contribution is 14.0. The molecule has 32 heavy (non-hydrogen) atoms. The van der Waals surface area contributed by atoms with Crippen molar-refractivity contribution in [3.63, 3.8) is 0 Å². The number of benzene rings is 2. The van der Waals surface area contributed by atoms with E-state index in [2.05, 4.69) is 34.9 Å². The molecule has 6 nitrogen and oxygen atoms in total. The second-order valence-corrected chi connectivity index (χ2v) is 7.48. The molecule has 0 spiro atoms. The number of halogens is 1. The number of carbonyl (C=O) groups is 1. The summed E-state index contributed by atoms with van der Waals surface area (Å²) in [6.45, 7) is 2.03. The Morgan fingerprint density at radius 2 is 1.56 bits per heavy atom. The lowest BCUT2D eigenvalue weighted by Gasteiger charge is -2.13. The molecule has 0 aliphatic carbocycles. The molecule has 170 valence electrons. The maximum absolute atomic E-state index is 12.0. The van der Waals surface area contributed by atoms with Crippen LogP contribution in [0.1, 0.15) is 27.2 Å². The fraction of sp³-hybridized carbons (Fsp3) is 0.280. The third-order valence-electron chi connectivity index (χ3n) is 4.82. The summed E-state index contributed by atoms with van der Waals surface area (Å²) in [5.41, 5.74) is 3.01. The Balaban J connectivity index is 0.00000363. The van der Waals surface area contributed by atoms with Crippen LogP contribution in [0.3, 0.4) is 0 Å². The molecule has 2 N–H and O–H groups in total. The average Bonchev–Trinajstić information content (AvgIpc) is 3.31. The van der Waals surface area contributed by atoms with Crippen molar-refractivity contribution in [1.82, 2.24) is 15.5 Å². The molecule has 1 heterocycles. The van der Waals surface area contributed by atoms with Gasteiger partial charge in [-0.3, -0.25) is 4.79 Å². The second kappa shape index (κ2) is 13.6. The third-order valence-corrected chi connectivity index (χ3v) is 4.82. The molecule has 0 aliphatic rings. The summed E-state index contributed by atoms with van der Waals surface area (Å²) in [4.78, 5) is 18.3. The van der Waals surface area contributed by atoms with Crippen molar-refractivity contribution in [2.45, 2.75) is 19.4 Å². The van der Waals surface area contributed by atoms with Crippen molar-refractivity contribution in [1.29, 1.82) is 0 Å². The van der Waals surface area contributed by atoms with Gasteiger partial charge in [0.15, 0.2) is 5.96 Å². The summed E-state index contributed by atoms with van der Waals surface area (Å²) in [6, 6.07) is 21.8. The Morgan fingerprint density at radius 1 is 0.875 bits per heavy atom. The number of aliphatic imine (C=N–C) groups is 1. The lowest BCUT2D eigenvalue weighted by atomic mass is 10.1. The normalized spacial score (nSPS) is 10.9. The molecule has 0 saturated heterocycles. The fourth-order valence-corrected chi connectivity index (χ4v) is 3.08. The van der Waals surface area contributed by atoms with Gasteiger partial charge >= 0.3 is 0 Å². The minimum atomic E-state index is -0.00193. The van der Waals surface area contributed by atoms with Crippen LogP contribution in [0.4, 0.5) is 0 Å². The largest absolute Gasteiger partial charge is 0.469 e. The molecule has 1 amide bonds. The standard InChI is InChI=1S/C25H30N4O2.HI/c1-29(2)24(30)22-12-10-21(11-13-22)19-28-25(27-17-15-23-9-6-18-31-23)26-16-14-20-7-4-3-5-8-20;/h3-13,18H,14-17,19H2,1-2H3,(H2,26,27,28);1H. The number of furan rings is 1. The molecule has 0 atom stereocenters. The van der Waals surface area contributed by atoms with Crippen LogP contribution in [-0.4, -0.2) is 44.0 Å². The highest BCUT2D eigenvalue weighted by Gasteiger charge is 2.07. The number of amides is 1. The monoisotopic (exact) mass is 546 g/mol. The van der Waals surface area contributed by atoms with Gasteiger partial charge in [-0.15, -0.1) is 24.0 Å². The third kappa shape index (κ3) is 8.37. The predicted octanol–water partition coefficient (Wildman–Crippen LogP) is 4.12. The van der Waals surface area contributed by atoms with Crippen molar-refractivity contribution >= 4 is 35.8 Å². The van der Waals surface area contributed by atoms with Gasteiger partial charge in [0, 0.05) is 39.2 Å². The number of nitrogens with zero attached hydrogens (tertiary/aromatic N) is 2. The zero-order chi connectivity index (χ0) is 21.9. The maximum atomic E-state index is 12.0. The second-order valence-electron chi connectivity index (χ2n) is 7.48. The van der Waals surface area contributed by atoms with Crippen LogP contribution in [0.5, 0.6) is 0 Å². The zero-order valence-electron chi connectivity index (χ0n) is 18.6.